The first-order valence-corrected chi connectivity index (χ1v) is 4.12. The molecular formula is C8H15NO2. The molecule has 1 rings (SSSR count). The van der Waals surface area contributed by atoms with Crippen LogP contribution >= 0.6 is 0 Å². The van der Waals surface area contributed by atoms with Crippen LogP contribution in [0, 0.1) is 5.92 Å². The number of hydrogen-bond donors (Lipinski definition) is 1. The fourth-order valence-corrected chi connectivity index (χ4v) is 1.36. The number of Topliss-reactive ketones (excluding diaryl/α,β-unsaturated/α-hetero) is 1. The molecule has 1 fully saturated rings. The van der Waals surface area contributed by atoms with Gasteiger partial charge in [0.25, 0.3) is 0 Å². The van der Waals surface area contributed by atoms with Gasteiger partial charge in [-0.3, -0.25) is 4.79 Å². The Balaban J connectivity index is 2.19. The summed E-state index contributed by atoms with van der Waals surface area (Å²) in [5.74, 6) is 0.705. The lowest BCUT2D eigenvalue weighted by molar-refractivity contribution is -0.119. The minimum absolute atomic E-state index is 0.178. The first-order valence-electron chi connectivity index (χ1n) is 4.12. The van der Waals surface area contributed by atoms with Gasteiger partial charge in [0.2, 0.25) is 0 Å². The summed E-state index contributed by atoms with van der Waals surface area (Å²) >= 11 is 0. The highest BCUT2D eigenvalue weighted by Gasteiger charge is 2.15. The number of carbonyl (C=O) groups is 1. The van der Waals surface area contributed by atoms with Gasteiger partial charge in [-0.15, -0.1) is 0 Å². The van der Waals surface area contributed by atoms with Crippen molar-refractivity contribution in [3.63, 3.8) is 0 Å². The zero-order valence-corrected chi connectivity index (χ0v) is 6.71. The number of ketones is 1. The standard InChI is InChI=1S/C8H15NO2/c9-6-8(10)5-7-1-3-11-4-2-7/h7H,1-6,9H2. The maximum Gasteiger partial charge on any atom is 0.146 e. The van der Waals surface area contributed by atoms with E-state index in [0.29, 0.717) is 12.3 Å². The summed E-state index contributed by atoms with van der Waals surface area (Å²) in [6, 6.07) is 0. The fourth-order valence-electron chi connectivity index (χ4n) is 1.36. The molecule has 0 saturated carbocycles. The monoisotopic (exact) mass is 157 g/mol. The summed E-state index contributed by atoms with van der Waals surface area (Å²) in [7, 11) is 0. The molecule has 64 valence electrons. The number of hydrogen-bond acceptors (Lipinski definition) is 3. The van der Waals surface area contributed by atoms with Crippen molar-refractivity contribution in [3.8, 4) is 0 Å². The Hall–Kier alpha value is -0.410. The third-order valence-electron chi connectivity index (χ3n) is 2.08. The molecule has 3 nitrogen and oxygen atoms in total. The first-order chi connectivity index (χ1) is 5.33. The lowest BCUT2D eigenvalue weighted by Gasteiger charge is -2.20. The van der Waals surface area contributed by atoms with Gasteiger partial charge in [0.1, 0.15) is 5.78 Å². The molecule has 0 amide bonds. The third-order valence-corrected chi connectivity index (χ3v) is 2.08. The Kier molecular flexibility index (Phi) is 3.52. The topological polar surface area (TPSA) is 52.3 Å². The van der Waals surface area contributed by atoms with Gasteiger partial charge in [0.15, 0.2) is 0 Å². The van der Waals surface area contributed by atoms with E-state index >= 15 is 0 Å². The van der Waals surface area contributed by atoms with Crippen molar-refractivity contribution < 1.29 is 9.53 Å². The molecule has 11 heavy (non-hydrogen) atoms. The minimum Gasteiger partial charge on any atom is -0.381 e. The lowest BCUT2D eigenvalue weighted by atomic mass is 9.94. The predicted molar refractivity (Wildman–Crippen MR) is 42.2 cm³/mol. The second-order valence-corrected chi connectivity index (χ2v) is 3.00. The highest BCUT2D eigenvalue weighted by molar-refractivity contribution is 5.80. The largest absolute Gasteiger partial charge is 0.381 e. The van der Waals surface area contributed by atoms with E-state index in [1.807, 2.05) is 0 Å². The Bertz CT molecular complexity index is 130. The second kappa shape index (κ2) is 4.46. The Morgan fingerprint density at radius 2 is 2.09 bits per heavy atom. The van der Waals surface area contributed by atoms with Crippen molar-refractivity contribution in [2.45, 2.75) is 19.3 Å². The molecule has 0 bridgehead atoms. The van der Waals surface area contributed by atoms with Crippen LogP contribution in [0.5, 0.6) is 0 Å². The Morgan fingerprint density at radius 1 is 1.45 bits per heavy atom. The molecule has 0 spiro atoms. The zero-order valence-electron chi connectivity index (χ0n) is 6.71. The van der Waals surface area contributed by atoms with Gasteiger partial charge in [0, 0.05) is 19.6 Å². The van der Waals surface area contributed by atoms with Gasteiger partial charge < -0.3 is 10.5 Å². The first kappa shape index (κ1) is 8.68. The molecule has 1 saturated heterocycles. The van der Waals surface area contributed by atoms with Gasteiger partial charge in [-0.05, 0) is 18.8 Å². The molecule has 0 unspecified atom stereocenters. The average Bonchev–Trinajstić information content (AvgIpc) is 2.06. The van der Waals surface area contributed by atoms with Crippen LogP contribution < -0.4 is 5.73 Å². The zero-order chi connectivity index (χ0) is 8.10. The average molecular weight is 157 g/mol. The molecular weight excluding hydrogens is 142 g/mol. The highest BCUT2D eigenvalue weighted by atomic mass is 16.5. The van der Waals surface area contributed by atoms with Crippen LogP contribution in [0.15, 0.2) is 0 Å². The molecule has 0 atom stereocenters. The van der Waals surface area contributed by atoms with Crippen LogP contribution in [-0.2, 0) is 9.53 Å². The summed E-state index contributed by atoms with van der Waals surface area (Å²) in [5.41, 5.74) is 5.21. The van der Waals surface area contributed by atoms with E-state index < -0.39 is 0 Å². The van der Waals surface area contributed by atoms with Gasteiger partial charge in [-0.2, -0.15) is 0 Å². The van der Waals surface area contributed by atoms with E-state index in [2.05, 4.69) is 0 Å². The molecule has 1 aliphatic rings. The highest BCUT2D eigenvalue weighted by Crippen LogP contribution is 2.17. The van der Waals surface area contributed by atoms with Crippen LogP contribution in [0.25, 0.3) is 0 Å². The molecule has 0 radical (unpaired) electrons. The van der Waals surface area contributed by atoms with Gasteiger partial charge in [0.05, 0.1) is 6.54 Å². The molecule has 1 heterocycles. The minimum atomic E-state index is 0.178. The Labute approximate surface area is 66.9 Å². The molecule has 0 aromatic rings. The van der Waals surface area contributed by atoms with E-state index in [0.717, 1.165) is 26.1 Å². The summed E-state index contributed by atoms with van der Waals surface area (Å²) in [5, 5.41) is 0. The van der Waals surface area contributed by atoms with Crippen LogP contribution in [-0.4, -0.2) is 25.5 Å². The van der Waals surface area contributed by atoms with Crippen LogP contribution in [0.4, 0.5) is 0 Å². The summed E-state index contributed by atoms with van der Waals surface area (Å²) in [6.07, 6.45) is 2.69. The number of carbonyl (C=O) groups excluding carboxylic acids is 1. The van der Waals surface area contributed by atoms with E-state index in [4.69, 9.17) is 10.5 Å². The number of nitrogens with two attached hydrogens (primary N) is 1. The second-order valence-electron chi connectivity index (χ2n) is 3.00. The summed E-state index contributed by atoms with van der Waals surface area (Å²) < 4.78 is 5.17. The van der Waals surface area contributed by atoms with Crippen molar-refractivity contribution in [2.75, 3.05) is 19.8 Å². The van der Waals surface area contributed by atoms with E-state index in [1.54, 1.807) is 0 Å². The molecule has 2 N–H and O–H groups in total. The Morgan fingerprint density at radius 3 is 2.64 bits per heavy atom. The molecule has 3 heteroatoms. The third kappa shape index (κ3) is 2.99. The van der Waals surface area contributed by atoms with E-state index in [-0.39, 0.29) is 12.3 Å². The van der Waals surface area contributed by atoms with Crippen molar-refractivity contribution in [2.24, 2.45) is 11.7 Å². The van der Waals surface area contributed by atoms with Gasteiger partial charge in [-0.1, -0.05) is 0 Å². The van der Waals surface area contributed by atoms with Crippen LogP contribution in [0.2, 0.25) is 0 Å². The van der Waals surface area contributed by atoms with Crippen LogP contribution in [0.3, 0.4) is 0 Å². The van der Waals surface area contributed by atoms with Crippen molar-refractivity contribution in [3.05, 3.63) is 0 Å². The van der Waals surface area contributed by atoms with Gasteiger partial charge in [-0.25, -0.2) is 0 Å². The lowest BCUT2D eigenvalue weighted by Crippen LogP contribution is -2.22. The maximum absolute atomic E-state index is 10.9. The number of rotatable bonds is 3. The van der Waals surface area contributed by atoms with Crippen LogP contribution in [0.1, 0.15) is 19.3 Å². The molecule has 0 aromatic heterocycles. The molecule has 0 aromatic carbocycles. The normalized spacial score (nSPS) is 20.1. The maximum atomic E-state index is 10.9. The van der Waals surface area contributed by atoms with Crippen molar-refractivity contribution in [1.29, 1.82) is 0 Å². The SMILES string of the molecule is NCC(=O)CC1CCOCC1. The fraction of sp³-hybridized carbons (Fsp3) is 0.875. The van der Waals surface area contributed by atoms with Crippen molar-refractivity contribution in [1.82, 2.24) is 0 Å². The number of ether oxygens (including phenoxy) is 1. The van der Waals surface area contributed by atoms with Crippen molar-refractivity contribution >= 4 is 5.78 Å². The predicted octanol–water partition coefficient (Wildman–Crippen LogP) is 0.331. The smallest absolute Gasteiger partial charge is 0.146 e. The summed E-state index contributed by atoms with van der Waals surface area (Å²) in [6.45, 7) is 1.81. The quantitative estimate of drug-likeness (QED) is 0.642. The van der Waals surface area contributed by atoms with E-state index in [1.165, 1.54) is 0 Å². The molecule has 0 aliphatic carbocycles. The van der Waals surface area contributed by atoms with E-state index in [9.17, 15) is 4.79 Å². The van der Waals surface area contributed by atoms with Gasteiger partial charge >= 0.3 is 0 Å². The molecule has 1 aliphatic heterocycles. The summed E-state index contributed by atoms with van der Waals surface area (Å²) in [4.78, 5) is 10.9.